The molecule has 0 saturated carbocycles. The number of ether oxygens (including phenoxy) is 1. The summed E-state index contributed by atoms with van der Waals surface area (Å²) in [5, 5.41) is 14.0. The molecule has 7 heteroatoms. The van der Waals surface area contributed by atoms with Crippen LogP contribution in [0.15, 0.2) is 18.2 Å². The van der Waals surface area contributed by atoms with Crippen LogP contribution >= 0.6 is 0 Å². The molecule has 1 atom stereocenters. The highest BCUT2D eigenvalue weighted by Gasteiger charge is 2.25. The summed E-state index contributed by atoms with van der Waals surface area (Å²) in [5.74, 6) is -0.0316. The number of rotatable bonds is 3. The van der Waals surface area contributed by atoms with Crippen molar-refractivity contribution in [1.29, 1.82) is 0 Å². The van der Waals surface area contributed by atoms with Crippen LogP contribution in [0.2, 0.25) is 0 Å². The molecule has 1 heterocycles. The first-order valence-electron chi connectivity index (χ1n) is 6.38. The van der Waals surface area contributed by atoms with Gasteiger partial charge in [-0.15, -0.1) is 0 Å². The lowest BCUT2D eigenvalue weighted by atomic mass is 10.1. The van der Waals surface area contributed by atoms with Gasteiger partial charge in [-0.05, 0) is 13.0 Å². The molecule has 108 valence electrons. The Morgan fingerprint density at radius 3 is 2.90 bits per heavy atom. The van der Waals surface area contributed by atoms with Crippen LogP contribution in [0.5, 0.6) is 5.75 Å². The third-order valence-electron chi connectivity index (χ3n) is 3.39. The number of amides is 1. The normalized spacial score (nSPS) is 18.7. The summed E-state index contributed by atoms with van der Waals surface area (Å²) in [7, 11) is 1.35. The summed E-state index contributed by atoms with van der Waals surface area (Å²) in [6, 6.07) is 4.30. The Bertz CT molecular complexity index is 532. The smallest absolute Gasteiger partial charge is 0.310 e. The molecule has 0 aromatic heterocycles. The Hall–Kier alpha value is -2.15. The van der Waals surface area contributed by atoms with Crippen LogP contribution in [-0.4, -0.2) is 48.5 Å². The molecule has 0 bridgehead atoms. The molecule has 0 unspecified atom stereocenters. The van der Waals surface area contributed by atoms with Gasteiger partial charge in [0, 0.05) is 43.4 Å². The fourth-order valence-electron chi connectivity index (χ4n) is 2.27. The number of hydrogen-bond donors (Lipinski definition) is 1. The molecule has 20 heavy (non-hydrogen) atoms. The van der Waals surface area contributed by atoms with E-state index < -0.39 is 4.92 Å². The van der Waals surface area contributed by atoms with E-state index in [1.165, 1.54) is 25.3 Å². The molecule has 0 radical (unpaired) electrons. The largest absolute Gasteiger partial charge is 0.490 e. The zero-order valence-corrected chi connectivity index (χ0v) is 11.5. The third kappa shape index (κ3) is 2.72. The molecule has 1 saturated heterocycles. The first kappa shape index (κ1) is 14.3. The van der Waals surface area contributed by atoms with Gasteiger partial charge in [-0.3, -0.25) is 14.9 Å². The average molecular weight is 279 g/mol. The van der Waals surface area contributed by atoms with Gasteiger partial charge in [0.25, 0.3) is 5.91 Å². The van der Waals surface area contributed by atoms with Gasteiger partial charge < -0.3 is 15.0 Å². The van der Waals surface area contributed by atoms with Crippen LogP contribution < -0.4 is 10.1 Å². The number of nitro benzene ring substituents is 1. The molecule has 7 nitrogen and oxygen atoms in total. The minimum absolute atomic E-state index is 0.0948. The Morgan fingerprint density at radius 1 is 1.55 bits per heavy atom. The van der Waals surface area contributed by atoms with Crippen LogP contribution in [0.1, 0.15) is 17.3 Å². The number of methoxy groups -OCH3 is 1. The zero-order chi connectivity index (χ0) is 14.7. The summed E-state index contributed by atoms with van der Waals surface area (Å²) in [6.07, 6.45) is 0. The molecule has 0 aliphatic carbocycles. The number of hydrogen-bond acceptors (Lipinski definition) is 5. The first-order valence-corrected chi connectivity index (χ1v) is 6.38. The number of nitrogens with zero attached hydrogens (tertiary/aromatic N) is 2. The quantitative estimate of drug-likeness (QED) is 0.660. The van der Waals surface area contributed by atoms with Crippen molar-refractivity contribution in [2.45, 2.75) is 13.0 Å². The Labute approximate surface area is 116 Å². The van der Waals surface area contributed by atoms with E-state index in [4.69, 9.17) is 4.74 Å². The molecular weight excluding hydrogens is 262 g/mol. The second-order valence-corrected chi connectivity index (χ2v) is 4.70. The lowest BCUT2D eigenvalue weighted by molar-refractivity contribution is -0.385. The molecule has 1 aromatic carbocycles. The van der Waals surface area contributed by atoms with Crippen LogP contribution in [0.25, 0.3) is 0 Å². The van der Waals surface area contributed by atoms with E-state index in [1.807, 2.05) is 6.92 Å². The molecule has 1 N–H and O–H groups in total. The fourth-order valence-corrected chi connectivity index (χ4v) is 2.27. The van der Waals surface area contributed by atoms with E-state index >= 15 is 0 Å². The summed E-state index contributed by atoms with van der Waals surface area (Å²) >= 11 is 0. The van der Waals surface area contributed by atoms with E-state index in [-0.39, 0.29) is 23.4 Å². The molecule has 1 aromatic rings. The summed E-state index contributed by atoms with van der Waals surface area (Å²) in [5.41, 5.74) is 0.263. The van der Waals surface area contributed by atoms with Crippen molar-refractivity contribution in [2.24, 2.45) is 0 Å². The molecule has 2 rings (SSSR count). The maximum Gasteiger partial charge on any atom is 0.310 e. The van der Waals surface area contributed by atoms with Crippen molar-refractivity contribution < 1.29 is 14.5 Å². The predicted molar refractivity (Wildman–Crippen MR) is 73.0 cm³/mol. The van der Waals surface area contributed by atoms with Gasteiger partial charge in [-0.1, -0.05) is 0 Å². The minimum Gasteiger partial charge on any atom is -0.490 e. The van der Waals surface area contributed by atoms with E-state index in [0.717, 1.165) is 13.1 Å². The highest BCUT2D eigenvalue weighted by Crippen LogP contribution is 2.28. The fraction of sp³-hybridized carbons (Fsp3) is 0.462. The highest BCUT2D eigenvalue weighted by molar-refractivity contribution is 5.95. The number of carbonyl (C=O) groups excluding carboxylic acids is 1. The van der Waals surface area contributed by atoms with Gasteiger partial charge in [-0.2, -0.15) is 0 Å². The van der Waals surface area contributed by atoms with Gasteiger partial charge in [0.05, 0.1) is 12.0 Å². The SMILES string of the molecule is COc1cc(C(=O)N2CCNC[C@H]2C)ccc1[N+](=O)[O-]. The molecule has 1 fully saturated rings. The second kappa shape index (κ2) is 5.87. The summed E-state index contributed by atoms with van der Waals surface area (Å²) in [4.78, 5) is 24.5. The van der Waals surface area contributed by atoms with Gasteiger partial charge in [0.15, 0.2) is 5.75 Å². The van der Waals surface area contributed by atoms with Crippen molar-refractivity contribution >= 4 is 11.6 Å². The molecule has 1 amide bonds. The summed E-state index contributed by atoms with van der Waals surface area (Å²) in [6.45, 7) is 4.09. The Kier molecular flexibility index (Phi) is 4.19. The molecule has 1 aliphatic rings. The lowest BCUT2D eigenvalue weighted by Crippen LogP contribution is -2.52. The average Bonchev–Trinajstić information content (AvgIpc) is 2.46. The summed E-state index contributed by atoms with van der Waals surface area (Å²) < 4.78 is 4.99. The van der Waals surface area contributed by atoms with Gasteiger partial charge in [0.1, 0.15) is 0 Å². The van der Waals surface area contributed by atoms with Crippen molar-refractivity contribution in [3.63, 3.8) is 0 Å². The van der Waals surface area contributed by atoms with Gasteiger partial charge in [-0.25, -0.2) is 0 Å². The standard InChI is InChI=1S/C13H17N3O4/c1-9-8-14-5-6-15(9)13(17)10-3-4-11(16(18)19)12(7-10)20-2/h3-4,7,9,14H,5-6,8H2,1-2H3/t9-/m1/s1. The van der Waals surface area contributed by atoms with E-state index in [1.54, 1.807) is 4.90 Å². The molecule has 1 aliphatic heterocycles. The van der Waals surface area contributed by atoms with Crippen LogP contribution in [0, 0.1) is 10.1 Å². The van der Waals surface area contributed by atoms with Crippen LogP contribution in [0.4, 0.5) is 5.69 Å². The Balaban J connectivity index is 2.28. The predicted octanol–water partition coefficient (Wildman–Crippen LogP) is 1.04. The third-order valence-corrected chi connectivity index (χ3v) is 3.39. The van der Waals surface area contributed by atoms with E-state index in [2.05, 4.69) is 5.32 Å². The zero-order valence-electron chi connectivity index (χ0n) is 11.5. The Morgan fingerprint density at radius 2 is 2.30 bits per heavy atom. The number of nitrogens with one attached hydrogen (secondary N) is 1. The van der Waals surface area contributed by atoms with Crippen molar-refractivity contribution in [2.75, 3.05) is 26.7 Å². The van der Waals surface area contributed by atoms with Crippen molar-refractivity contribution in [1.82, 2.24) is 10.2 Å². The van der Waals surface area contributed by atoms with E-state index in [0.29, 0.717) is 12.1 Å². The molecular formula is C13H17N3O4. The van der Waals surface area contributed by atoms with E-state index in [9.17, 15) is 14.9 Å². The monoisotopic (exact) mass is 279 g/mol. The van der Waals surface area contributed by atoms with Crippen molar-refractivity contribution in [3.8, 4) is 5.75 Å². The number of nitro groups is 1. The lowest BCUT2D eigenvalue weighted by Gasteiger charge is -2.34. The topological polar surface area (TPSA) is 84.7 Å². The minimum atomic E-state index is -0.527. The van der Waals surface area contributed by atoms with Crippen LogP contribution in [0.3, 0.4) is 0 Å². The number of carbonyl (C=O) groups is 1. The van der Waals surface area contributed by atoms with Gasteiger partial charge in [0.2, 0.25) is 0 Å². The second-order valence-electron chi connectivity index (χ2n) is 4.70. The highest BCUT2D eigenvalue weighted by atomic mass is 16.6. The number of piperazine rings is 1. The van der Waals surface area contributed by atoms with Crippen molar-refractivity contribution in [3.05, 3.63) is 33.9 Å². The molecule has 0 spiro atoms. The van der Waals surface area contributed by atoms with Gasteiger partial charge >= 0.3 is 5.69 Å². The maximum absolute atomic E-state index is 12.4. The van der Waals surface area contributed by atoms with Crippen LogP contribution in [-0.2, 0) is 0 Å². The number of benzene rings is 1. The maximum atomic E-state index is 12.4. The first-order chi connectivity index (χ1) is 9.54.